The van der Waals surface area contributed by atoms with Gasteiger partial charge in [0.2, 0.25) is 0 Å². The number of aliphatic carboxylic acids is 2. The van der Waals surface area contributed by atoms with Crippen LogP contribution in [0.1, 0.15) is 10.4 Å². The number of carbonyl (C=O) groups excluding carboxylic acids is 2. The Balaban J connectivity index is 0.00000220. The summed E-state index contributed by atoms with van der Waals surface area (Å²) in [4.78, 5) is 35.6. The minimum atomic E-state index is -1.59. The van der Waals surface area contributed by atoms with E-state index in [4.69, 9.17) is 5.11 Å². The molecule has 8 heteroatoms. The fourth-order valence-corrected chi connectivity index (χ4v) is 2.23. The quantitative estimate of drug-likeness (QED) is 0.543. The molecule has 1 saturated heterocycles. The number of hydrogen-bond acceptors (Lipinski definition) is 5. The molecule has 0 aromatic heterocycles. The molecule has 1 fully saturated rings. The van der Waals surface area contributed by atoms with Crippen LogP contribution >= 0.6 is 0 Å². The molecule has 106 valence electrons. The molecule has 2 atom stereocenters. The summed E-state index contributed by atoms with van der Waals surface area (Å²) in [5.41, 5.74) is 0.310. The van der Waals surface area contributed by atoms with Crippen molar-refractivity contribution in [1.82, 2.24) is 10.2 Å². The first-order chi connectivity index (χ1) is 9.52. The van der Waals surface area contributed by atoms with Crippen LogP contribution in [0.25, 0.3) is 0 Å². The average Bonchev–Trinajstić information content (AvgIpc) is 2.46. The zero-order valence-electron chi connectivity index (χ0n) is 11.5. The molecule has 1 heterocycles. The molecule has 0 bridgehead atoms. The summed E-state index contributed by atoms with van der Waals surface area (Å²) in [7, 11) is 0. The van der Waals surface area contributed by atoms with Crippen LogP contribution in [0.4, 0.5) is 0 Å². The van der Waals surface area contributed by atoms with Crippen molar-refractivity contribution < 1.29 is 54.2 Å². The van der Waals surface area contributed by atoms with Crippen LogP contribution in [0.2, 0.25) is 0 Å². The van der Waals surface area contributed by atoms with Crippen molar-refractivity contribution in [2.45, 2.75) is 12.1 Å². The van der Waals surface area contributed by atoms with E-state index in [0.29, 0.717) is 5.56 Å². The average molecular weight is 300 g/mol. The van der Waals surface area contributed by atoms with E-state index in [-0.39, 0.29) is 42.6 Å². The maximum absolute atomic E-state index is 12.3. The molecule has 2 N–H and O–H groups in total. The van der Waals surface area contributed by atoms with Gasteiger partial charge < -0.3 is 25.2 Å². The minimum Gasteiger partial charge on any atom is -0.548 e. The largest absolute Gasteiger partial charge is 1.00 e. The van der Waals surface area contributed by atoms with Crippen molar-refractivity contribution in [3.8, 4) is 0 Å². The first-order valence-corrected chi connectivity index (χ1v) is 6.05. The molecule has 1 aromatic carbocycles. The third-order valence-electron chi connectivity index (χ3n) is 3.16. The molecule has 0 aliphatic carbocycles. The van der Waals surface area contributed by atoms with Crippen molar-refractivity contribution >= 4 is 17.8 Å². The van der Waals surface area contributed by atoms with Gasteiger partial charge in [-0.25, -0.2) is 0 Å². The minimum absolute atomic E-state index is 0. The summed E-state index contributed by atoms with van der Waals surface area (Å²) in [6.45, 7) is 0.315. The Bertz CT molecular complexity index is 537. The number of nitrogens with zero attached hydrogens (tertiary/aromatic N) is 1. The van der Waals surface area contributed by atoms with E-state index < -0.39 is 29.9 Å². The van der Waals surface area contributed by atoms with E-state index >= 15 is 0 Å². The predicted octanol–water partition coefficient (Wildman–Crippen LogP) is -4.69. The summed E-state index contributed by atoms with van der Waals surface area (Å²) < 4.78 is 0. The molecule has 1 amide bonds. The Morgan fingerprint density at radius 3 is 2.38 bits per heavy atom. The SMILES string of the molecule is O=C(O)[C@H]1NCCN(C(=O)c2ccccc2)[C@H]1C(=O)[O-].[Na+]. The smallest absolute Gasteiger partial charge is 0.548 e. The molecular formula is C13H13N2NaO5. The van der Waals surface area contributed by atoms with E-state index in [0.717, 1.165) is 4.90 Å². The second-order valence-electron chi connectivity index (χ2n) is 4.40. The van der Waals surface area contributed by atoms with Crippen LogP contribution in [-0.2, 0) is 9.59 Å². The molecule has 0 unspecified atom stereocenters. The van der Waals surface area contributed by atoms with Crippen molar-refractivity contribution in [3.05, 3.63) is 35.9 Å². The van der Waals surface area contributed by atoms with Gasteiger partial charge in [0.25, 0.3) is 5.91 Å². The van der Waals surface area contributed by atoms with Crippen molar-refractivity contribution in [1.29, 1.82) is 0 Å². The van der Waals surface area contributed by atoms with Gasteiger partial charge in [0, 0.05) is 18.7 Å². The molecule has 1 aliphatic rings. The summed E-state index contributed by atoms with van der Waals surface area (Å²) in [6.07, 6.45) is 0. The second-order valence-corrected chi connectivity index (χ2v) is 4.40. The van der Waals surface area contributed by atoms with E-state index in [2.05, 4.69) is 5.32 Å². The summed E-state index contributed by atoms with van der Waals surface area (Å²) in [5, 5.41) is 22.8. The van der Waals surface area contributed by atoms with Gasteiger partial charge >= 0.3 is 35.5 Å². The van der Waals surface area contributed by atoms with E-state index in [1.165, 1.54) is 0 Å². The molecule has 7 nitrogen and oxygen atoms in total. The second kappa shape index (κ2) is 7.56. The molecule has 0 spiro atoms. The molecular weight excluding hydrogens is 287 g/mol. The molecule has 0 saturated carbocycles. The van der Waals surface area contributed by atoms with Crippen LogP contribution < -0.4 is 40.0 Å². The van der Waals surface area contributed by atoms with Crippen molar-refractivity contribution in [3.63, 3.8) is 0 Å². The molecule has 2 rings (SSSR count). The van der Waals surface area contributed by atoms with Gasteiger partial charge in [0.1, 0.15) is 6.04 Å². The number of carboxylic acids is 2. The van der Waals surface area contributed by atoms with Gasteiger partial charge in [-0.2, -0.15) is 0 Å². The number of benzene rings is 1. The summed E-state index contributed by atoms with van der Waals surface area (Å²) >= 11 is 0. The number of hydrogen-bond donors (Lipinski definition) is 2. The number of amides is 1. The van der Waals surface area contributed by atoms with Gasteiger partial charge in [0.05, 0.1) is 12.0 Å². The maximum atomic E-state index is 12.3. The zero-order valence-corrected chi connectivity index (χ0v) is 13.5. The fraction of sp³-hybridized carbons (Fsp3) is 0.308. The monoisotopic (exact) mass is 300 g/mol. The first-order valence-electron chi connectivity index (χ1n) is 6.05. The van der Waals surface area contributed by atoms with Crippen LogP contribution in [0.5, 0.6) is 0 Å². The molecule has 21 heavy (non-hydrogen) atoms. The van der Waals surface area contributed by atoms with Gasteiger partial charge in [-0.05, 0) is 12.1 Å². The number of rotatable bonds is 3. The summed E-state index contributed by atoms with van der Waals surface area (Å²) in [5.74, 6) is -3.44. The van der Waals surface area contributed by atoms with Crippen LogP contribution in [0.15, 0.2) is 30.3 Å². The Kier molecular flexibility index (Phi) is 6.35. The topological polar surface area (TPSA) is 110 Å². The normalized spacial score (nSPS) is 21.2. The number of nitrogens with one attached hydrogen (secondary N) is 1. The fourth-order valence-electron chi connectivity index (χ4n) is 2.23. The Morgan fingerprint density at radius 2 is 1.86 bits per heavy atom. The van der Waals surface area contributed by atoms with Crippen molar-refractivity contribution in [2.75, 3.05) is 13.1 Å². The standard InChI is InChI=1S/C13H14N2O5.Na/c16-11(8-4-2-1-3-5-8)15-7-6-14-9(12(17)18)10(15)13(19)20;/h1-5,9-10,14H,6-7H2,(H,17,18)(H,19,20);/q;+1/p-1/t9-,10+;/m0./s1. The van der Waals surface area contributed by atoms with Crippen molar-refractivity contribution in [2.24, 2.45) is 0 Å². The molecule has 1 aromatic rings. The maximum Gasteiger partial charge on any atom is 1.00 e. The molecule has 0 radical (unpaired) electrons. The van der Waals surface area contributed by atoms with Crippen LogP contribution in [0, 0.1) is 0 Å². The Labute approximate surface area is 143 Å². The number of carboxylic acid groups (broad SMARTS) is 2. The van der Waals surface area contributed by atoms with Crippen LogP contribution in [0.3, 0.4) is 0 Å². The number of piperazine rings is 1. The summed E-state index contributed by atoms with van der Waals surface area (Å²) in [6, 6.07) is 5.22. The van der Waals surface area contributed by atoms with E-state index in [9.17, 15) is 19.5 Å². The molecule has 1 aliphatic heterocycles. The van der Waals surface area contributed by atoms with Gasteiger partial charge in [-0.1, -0.05) is 18.2 Å². The van der Waals surface area contributed by atoms with Gasteiger partial charge in [-0.15, -0.1) is 0 Å². The Hall–Kier alpha value is -1.41. The van der Waals surface area contributed by atoms with E-state index in [1.807, 2.05) is 0 Å². The first kappa shape index (κ1) is 17.6. The predicted molar refractivity (Wildman–Crippen MR) is 65.7 cm³/mol. The van der Waals surface area contributed by atoms with E-state index in [1.54, 1.807) is 30.3 Å². The third-order valence-corrected chi connectivity index (χ3v) is 3.16. The number of carbonyl (C=O) groups is 3. The zero-order chi connectivity index (χ0) is 14.7. The van der Waals surface area contributed by atoms with Crippen LogP contribution in [-0.4, -0.2) is 53.0 Å². The third kappa shape index (κ3) is 3.82. The van der Waals surface area contributed by atoms with Gasteiger partial charge in [-0.3, -0.25) is 9.59 Å². The Morgan fingerprint density at radius 1 is 1.24 bits per heavy atom. The van der Waals surface area contributed by atoms with Gasteiger partial charge in [0.15, 0.2) is 0 Å².